The second kappa shape index (κ2) is 11.7. The van der Waals surface area contributed by atoms with Gasteiger partial charge in [0.25, 0.3) is 0 Å². The third-order valence-corrected chi connectivity index (χ3v) is 5.89. The third kappa shape index (κ3) is 6.17. The number of nitrogens with one attached hydrogen (secondary N) is 2. The smallest absolute Gasteiger partial charge is 0.387 e. The molecule has 2 N–H and O–H groups in total. The summed E-state index contributed by atoms with van der Waals surface area (Å²) in [5, 5.41) is 6.59. The maximum absolute atomic E-state index is 12.7. The largest absolute Gasteiger partial charge is 0.454 e. The lowest BCUT2D eigenvalue weighted by molar-refractivity contribution is -0.0504. The number of halogens is 3. The highest BCUT2D eigenvalue weighted by atomic mass is 127. The van der Waals surface area contributed by atoms with Crippen LogP contribution >= 0.6 is 24.0 Å². The average Bonchev–Trinajstić information content (AvgIpc) is 3.28. The zero-order valence-corrected chi connectivity index (χ0v) is 20.6. The highest BCUT2D eigenvalue weighted by molar-refractivity contribution is 14.0. The van der Waals surface area contributed by atoms with Crippen LogP contribution in [0, 0.1) is 0 Å². The fourth-order valence-electron chi connectivity index (χ4n) is 4.07. The van der Waals surface area contributed by atoms with Crippen molar-refractivity contribution in [2.45, 2.75) is 31.4 Å². The molecule has 33 heavy (non-hydrogen) atoms. The van der Waals surface area contributed by atoms with E-state index in [2.05, 4.69) is 26.4 Å². The number of guanidine groups is 1. The van der Waals surface area contributed by atoms with E-state index in [9.17, 15) is 8.78 Å². The number of nitrogens with zero attached hydrogens (tertiary/aromatic N) is 1. The lowest BCUT2D eigenvalue weighted by Gasteiger charge is -2.38. The van der Waals surface area contributed by atoms with Crippen LogP contribution in [0.4, 0.5) is 8.78 Å². The fraction of sp³-hybridized carbons (Fsp3) is 0.435. The van der Waals surface area contributed by atoms with Crippen LogP contribution in [-0.2, 0) is 16.7 Å². The van der Waals surface area contributed by atoms with E-state index in [4.69, 9.17) is 14.2 Å². The van der Waals surface area contributed by atoms with Gasteiger partial charge in [-0.3, -0.25) is 4.99 Å². The Morgan fingerprint density at radius 2 is 1.85 bits per heavy atom. The minimum Gasteiger partial charge on any atom is -0.454 e. The van der Waals surface area contributed by atoms with E-state index in [-0.39, 0.29) is 41.9 Å². The molecular formula is C23H28F2IN3O4. The van der Waals surface area contributed by atoms with Crippen LogP contribution < -0.4 is 24.8 Å². The zero-order chi connectivity index (χ0) is 22.4. The van der Waals surface area contributed by atoms with Crippen molar-refractivity contribution in [3.05, 3.63) is 53.6 Å². The molecule has 0 atom stereocenters. The first-order chi connectivity index (χ1) is 15.6. The molecule has 2 aromatic carbocycles. The minimum absolute atomic E-state index is 0. The zero-order valence-electron chi connectivity index (χ0n) is 18.3. The molecule has 4 rings (SSSR count). The molecule has 2 aliphatic heterocycles. The Labute approximate surface area is 208 Å². The lowest BCUT2D eigenvalue weighted by atomic mass is 9.74. The summed E-state index contributed by atoms with van der Waals surface area (Å²) in [5.41, 5.74) is 1.61. The van der Waals surface area contributed by atoms with Crippen molar-refractivity contribution >= 4 is 29.9 Å². The highest BCUT2D eigenvalue weighted by Crippen LogP contribution is 2.40. The van der Waals surface area contributed by atoms with Gasteiger partial charge in [0.15, 0.2) is 17.5 Å². The van der Waals surface area contributed by atoms with Crippen LogP contribution in [0.3, 0.4) is 0 Å². The van der Waals surface area contributed by atoms with Gasteiger partial charge in [0, 0.05) is 44.3 Å². The van der Waals surface area contributed by atoms with E-state index in [1.807, 2.05) is 12.1 Å². The van der Waals surface area contributed by atoms with E-state index in [0.29, 0.717) is 37.8 Å². The van der Waals surface area contributed by atoms with Crippen molar-refractivity contribution in [3.8, 4) is 17.2 Å². The Balaban J connectivity index is 0.00000306. The third-order valence-electron chi connectivity index (χ3n) is 5.89. The summed E-state index contributed by atoms with van der Waals surface area (Å²) >= 11 is 0. The number of para-hydroxylation sites is 1. The molecule has 0 bridgehead atoms. The second-order valence-electron chi connectivity index (χ2n) is 7.73. The van der Waals surface area contributed by atoms with Gasteiger partial charge in [-0.1, -0.05) is 24.3 Å². The first-order valence-corrected chi connectivity index (χ1v) is 10.5. The van der Waals surface area contributed by atoms with Crippen molar-refractivity contribution in [3.63, 3.8) is 0 Å². The van der Waals surface area contributed by atoms with Crippen molar-refractivity contribution in [2.24, 2.45) is 4.99 Å². The molecule has 180 valence electrons. The Morgan fingerprint density at radius 1 is 1.09 bits per heavy atom. The van der Waals surface area contributed by atoms with Gasteiger partial charge in [0.2, 0.25) is 6.79 Å². The maximum Gasteiger partial charge on any atom is 0.387 e. The van der Waals surface area contributed by atoms with Gasteiger partial charge in [-0.15, -0.1) is 24.0 Å². The molecule has 1 fully saturated rings. The average molecular weight is 575 g/mol. The summed E-state index contributed by atoms with van der Waals surface area (Å²) in [6.45, 7) is -0.377. The van der Waals surface area contributed by atoms with Crippen LogP contribution in [0.15, 0.2) is 47.5 Å². The molecule has 0 aliphatic carbocycles. The highest BCUT2D eigenvalue weighted by Gasteiger charge is 2.36. The quantitative estimate of drug-likeness (QED) is 0.295. The summed E-state index contributed by atoms with van der Waals surface area (Å²) in [6, 6.07) is 12.8. The molecule has 1 saturated heterocycles. The summed E-state index contributed by atoms with van der Waals surface area (Å²) in [5.74, 6) is 2.23. The molecule has 0 amide bonds. The standard InChI is InChI=1S/C23H27F2N3O4.HI/c1-26-22(27-13-16-4-2-3-5-18(16)32-21(24)25)28-14-23(8-10-29-11-9-23)17-6-7-19-20(12-17)31-15-30-19;/h2-7,12,21H,8-11,13-15H2,1H3,(H2,26,27,28);1H. The van der Waals surface area contributed by atoms with E-state index in [1.54, 1.807) is 25.2 Å². The Hall–Kier alpha value is -2.34. The molecule has 7 nitrogen and oxygen atoms in total. The Morgan fingerprint density at radius 3 is 2.61 bits per heavy atom. The number of hydrogen-bond donors (Lipinski definition) is 2. The topological polar surface area (TPSA) is 73.3 Å². The number of benzene rings is 2. The van der Waals surface area contributed by atoms with Gasteiger partial charge >= 0.3 is 6.61 Å². The number of hydrogen-bond acceptors (Lipinski definition) is 5. The first kappa shape index (κ1) is 25.3. The SMILES string of the molecule is CN=C(NCc1ccccc1OC(F)F)NCC1(c2ccc3c(c2)OCO3)CCOCC1.I. The molecular weight excluding hydrogens is 547 g/mol. The Bertz CT molecular complexity index is 955. The molecule has 0 unspecified atom stereocenters. The predicted molar refractivity (Wildman–Crippen MR) is 131 cm³/mol. The van der Waals surface area contributed by atoms with E-state index in [1.165, 1.54) is 6.07 Å². The van der Waals surface area contributed by atoms with Crippen LogP contribution in [-0.4, -0.2) is 46.2 Å². The molecule has 2 aromatic rings. The lowest BCUT2D eigenvalue weighted by Crippen LogP contribution is -2.47. The second-order valence-corrected chi connectivity index (χ2v) is 7.73. The van der Waals surface area contributed by atoms with Crippen molar-refractivity contribution in [1.29, 1.82) is 0 Å². The van der Waals surface area contributed by atoms with Crippen LogP contribution in [0.25, 0.3) is 0 Å². The number of ether oxygens (including phenoxy) is 4. The monoisotopic (exact) mass is 575 g/mol. The van der Waals surface area contributed by atoms with Gasteiger partial charge in [-0.05, 0) is 36.6 Å². The predicted octanol–water partition coefficient (Wildman–Crippen LogP) is 4.05. The van der Waals surface area contributed by atoms with Crippen LogP contribution in [0.5, 0.6) is 17.2 Å². The van der Waals surface area contributed by atoms with Gasteiger partial charge in [-0.2, -0.15) is 8.78 Å². The maximum atomic E-state index is 12.7. The molecule has 2 aliphatic rings. The number of aliphatic imine (C=N–C) groups is 1. The van der Waals surface area contributed by atoms with Crippen LogP contribution in [0.1, 0.15) is 24.0 Å². The van der Waals surface area contributed by atoms with Crippen LogP contribution in [0.2, 0.25) is 0 Å². The van der Waals surface area contributed by atoms with E-state index in [0.717, 1.165) is 29.9 Å². The normalized spacial score (nSPS) is 16.8. The van der Waals surface area contributed by atoms with Crippen molar-refractivity contribution < 1.29 is 27.7 Å². The van der Waals surface area contributed by atoms with Gasteiger partial charge in [0.1, 0.15) is 5.75 Å². The molecule has 0 radical (unpaired) electrons. The summed E-state index contributed by atoms with van der Waals surface area (Å²) < 4.78 is 46.6. The van der Waals surface area contributed by atoms with E-state index >= 15 is 0 Å². The first-order valence-electron chi connectivity index (χ1n) is 10.5. The van der Waals surface area contributed by atoms with Gasteiger partial charge in [-0.25, -0.2) is 0 Å². The van der Waals surface area contributed by atoms with Gasteiger partial charge in [0.05, 0.1) is 0 Å². The molecule has 0 aromatic heterocycles. The fourth-order valence-corrected chi connectivity index (χ4v) is 4.07. The summed E-state index contributed by atoms with van der Waals surface area (Å²) in [7, 11) is 1.67. The number of alkyl halides is 2. The minimum atomic E-state index is -2.87. The molecule has 2 heterocycles. The molecule has 10 heteroatoms. The number of rotatable bonds is 7. The van der Waals surface area contributed by atoms with Crippen molar-refractivity contribution in [2.75, 3.05) is 33.6 Å². The summed E-state index contributed by atoms with van der Waals surface area (Å²) in [6.07, 6.45) is 1.70. The van der Waals surface area contributed by atoms with Gasteiger partial charge < -0.3 is 29.6 Å². The molecule has 0 spiro atoms. The Kier molecular flexibility index (Phi) is 8.95. The summed E-state index contributed by atoms with van der Waals surface area (Å²) in [4.78, 5) is 4.29. The molecule has 0 saturated carbocycles. The van der Waals surface area contributed by atoms with E-state index < -0.39 is 6.61 Å². The number of fused-ring (bicyclic) bond motifs is 1. The van der Waals surface area contributed by atoms with Crippen molar-refractivity contribution in [1.82, 2.24) is 10.6 Å².